The molecule has 0 heterocycles. The van der Waals surface area contributed by atoms with Gasteiger partial charge in [0.1, 0.15) is 12.4 Å². The molecule has 0 unspecified atom stereocenters. The highest BCUT2D eigenvalue weighted by atomic mass is 16.5. The minimum atomic E-state index is -0.397. The molecule has 3 N–H and O–H groups in total. The summed E-state index contributed by atoms with van der Waals surface area (Å²) in [6.45, 7) is 1.12. The van der Waals surface area contributed by atoms with E-state index in [9.17, 15) is 4.79 Å². The molecule has 7 heteroatoms. The molecule has 20 heavy (non-hydrogen) atoms. The molecule has 0 aliphatic rings. The highest BCUT2D eigenvalue weighted by Gasteiger charge is 2.06. The second-order valence-electron chi connectivity index (χ2n) is 3.88. The topological polar surface area (TPSA) is 115 Å². The molecule has 1 aromatic rings. The number of hydrazine groups is 1. The third-order valence-electron chi connectivity index (χ3n) is 2.49. The number of benzene rings is 1. The van der Waals surface area contributed by atoms with E-state index in [2.05, 4.69) is 0 Å². The SMILES string of the molecule is N#CCN(CC#N)CCOc1cccc(C(=O)NN)c1. The summed E-state index contributed by atoms with van der Waals surface area (Å²) < 4.78 is 5.48. The molecule has 0 spiro atoms. The van der Waals surface area contributed by atoms with Gasteiger partial charge in [-0.05, 0) is 18.2 Å². The average Bonchev–Trinajstić information content (AvgIpc) is 2.47. The number of carbonyl (C=O) groups is 1. The van der Waals surface area contributed by atoms with Gasteiger partial charge in [0, 0.05) is 12.1 Å². The van der Waals surface area contributed by atoms with Crippen LogP contribution in [0.15, 0.2) is 24.3 Å². The fourth-order valence-corrected chi connectivity index (χ4v) is 1.52. The van der Waals surface area contributed by atoms with Gasteiger partial charge in [0.2, 0.25) is 0 Å². The van der Waals surface area contributed by atoms with E-state index < -0.39 is 5.91 Å². The summed E-state index contributed by atoms with van der Waals surface area (Å²) in [5, 5.41) is 17.2. The zero-order chi connectivity index (χ0) is 14.8. The van der Waals surface area contributed by atoms with Gasteiger partial charge in [-0.15, -0.1) is 0 Å². The monoisotopic (exact) mass is 273 g/mol. The fourth-order valence-electron chi connectivity index (χ4n) is 1.52. The van der Waals surface area contributed by atoms with E-state index in [1.165, 1.54) is 0 Å². The Bertz CT molecular complexity index is 516. The zero-order valence-corrected chi connectivity index (χ0v) is 10.9. The van der Waals surface area contributed by atoms with Crippen LogP contribution in [-0.2, 0) is 0 Å². The van der Waals surface area contributed by atoms with Gasteiger partial charge < -0.3 is 4.74 Å². The number of hydrogen-bond donors (Lipinski definition) is 2. The highest BCUT2D eigenvalue weighted by molar-refractivity contribution is 5.94. The maximum Gasteiger partial charge on any atom is 0.265 e. The van der Waals surface area contributed by atoms with E-state index in [1.54, 1.807) is 29.2 Å². The van der Waals surface area contributed by atoms with Crippen molar-refractivity contribution in [2.45, 2.75) is 0 Å². The van der Waals surface area contributed by atoms with Crippen LogP contribution in [-0.4, -0.2) is 37.0 Å². The smallest absolute Gasteiger partial charge is 0.265 e. The van der Waals surface area contributed by atoms with E-state index in [0.717, 1.165) is 0 Å². The first kappa shape index (κ1) is 15.4. The summed E-state index contributed by atoms with van der Waals surface area (Å²) in [6, 6.07) is 10.6. The number of nitrogens with two attached hydrogens (primary N) is 1. The first-order valence-electron chi connectivity index (χ1n) is 5.91. The molecule has 1 rings (SSSR count). The van der Waals surface area contributed by atoms with E-state index in [-0.39, 0.29) is 13.1 Å². The van der Waals surface area contributed by atoms with Crippen LogP contribution in [0.3, 0.4) is 0 Å². The summed E-state index contributed by atoms with van der Waals surface area (Å²) in [4.78, 5) is 13.0. The first-order valence-corrected chi connectivity index (χ1v) is 5.91. The Kier molecular flexibility index (Phi) is 6.55. The Morgan fingerprint density at radius 2 is 2.05 bits per heavy atom. The molecular weight excluding hydrogens is 258 g/mol. The van der Waals surface area contributed by atoms with Gasteiger partial charge in [0.15, 0.2) is 0 Å². The van der Waals surface area contributed by atoms with E-state index in [0.29, 0.717) is 24.5 Å². The quantitative estimate of drug-likeness (QED) is 0.313. The summed E-state index contributed by atoms with van der Waals surface area (Å²) in [5.41, 5.74) is 2.44. The van der Waals surface area contributed by atoms with Crippen LogP contribution >= 0.6 is 0 Å². The van der Waals surface area contributed by atoms with E-state index >= 15 is 0 Å². The molecule has 0 atom stereocenters. The van der Waals surface area contributed by atoms with Crippen LogP contribution in [0.2, 0.25) is 0 Å². The molecule has 0 aliphatic carbocycles. The maximum absolute atomic E-state index is 11.3. The predicted octanol–water partition coefficient (Wildman–Crippen LogP) is 0.0181. The minimum Gasteiger partial charge on any atom is -0.492 e. The second kappa shape index (κ2) is 8.48. The minimum absolute atomic E-state index is 0.173. The molecule has 1 aromatic carbocycles. The van der Waals surface area contributed by atoms with Crippen molar-refractivity contribution in [3.8, 4) is 17.9 Å². The van der Waals surface area contributed by atoms with E-state index in [1.807, 2.05) is 17.6 Å². The maximum atomic E-state index is 11.3. The fraction of sp³-hybridized carbons (Fsp3) is 0.308. The van der Waals surface area contributed by atoms with Crippen LogP contribution in [0.5, 0.6) is 5.75 Å². The zero-order valence-electron chi connectivity index (χ0n) is 10.9. The lowest BCUT2D eigenvalue weighted by Crippen LogP contribution is -2.30. The molecular formula is C13H15N5O2. The summed E-state index contributed by atoms with van der Waals surface area (Å²) in [5.74, 6) is 5.18. The highest BCUT2D eigenvalue weighted by Crippen LogP contribution is 2.13. The number of nitrogen functional groups attached to an aromatic ring is 1. The number of nitriles is 2. The molecule has 1 amide bonds. The largest absolute Gasteiger partial charge is 0.492 e. The third kappa shape index (κ3) is 4.94. The standard InChI is InChI=1S/C13H15N5O2/c14-4-6-18(7-5-15)8-9-20-12-3-1-2-11(10-12)13(19)17-16/h1-3,10H,6-9,16H2,(H,17,19). The molecule has 0 saturated carbocycles. The molecule has 0 radical (unpaired) electrons. The van der Waals surface area contributed by atoms with Crippen molar-refractivity contribution in [1.29, 1.82) is 10.5 Å². The molecule has 0 fully saturated rings. The number of ether oxygens (including phenoxy) is 1. The van der Waals surface area contributed by atoms with Crippen molar-refractivity contribution in [2.24, 2.45) is 5.84 Å². The number of carbonyl (C=O) groups excluding carboxylic acids is 1. The Morgan fingerprint density at radius 3 is 2.65 bits per heavy atom. The lowest BCUT2D eigenvalue weighted by atomic mass is 10.2. The summed E-state index contributed by atoms with van der Waals surface area (Å²) in [7, 11) is 0. The molecule has 0 bridgehead atoms. The van der Waals surface area contributed by atoms with Crippen LogP contribution < -0.4 is 16.0 Å². The molecule has 0 saturated heterocycles. The van der Waals surface area contributed by atoms with Crippen LogP contribution in [0.1, 0.15) is 10.4 Å². The van der Waals surface area contributed by atoms with Crippen molar-refractivity contribution in [1.82, 2.24) is 10.3 Å². The van der Waals surface area contributed by atoms with Gasteiger partial charge in [-0.1, -0.05) is 6.07 Å². The molecule has 7 nitrogen and oxygen atoms in total. The molecule has 0 aromatic heterocycles. The number of rotatable bonds is 7. The van der Waals surface area contributed by atoms with Gasteiger partial charge in [-0.25, -0.2) is 5.84 Å². The molecule has 104 valence electrons. The number of amides is 1. The van der Waals surface area contributed by atoms with Crippen molar-refractivity contribution in [3.05, 3.63) is 29.8 Å². The second-order valence-corrected chi connectivity index (χ2v) is 3.88. The Balaban J connectivity index is 2.51. The van der Waals surface area contributed by atoms with Crippen molar-refractivity contribution >= 4 is 5.91 Å². The average molecular weight is 273 g/mol. The lowest BCUT2D eigenvalue weighted by Gasteiger charge is -2.15. The van der Waals surface area contributed by atoms with Crippen LogP contribution in [0.4, 0.5) is 0 Å². The van der Waals surface area contributed by atoms with Gasteiger partial charge in [-0.3, -0.25) is 15.1 Å². The Morgan fingerprint density at radius 1 is 1.35 bits per heavy atom. The normalized spacial score (nSPS) is 9.60. The van der Waals surface area contributed by atoms with Gasteiger partial charge in [0.05, 0.1) is 25.2 Å². The Hall–Kier alpha value is -2.61. The van der Waals surface area contributed by atoms with Crippen molar-refractivity contribution in [2.75, 3.05) is 26.2 Å². The molecule has 0 aliphatic heterocycles. The summed E-state index contributed by atoms with van der Waals surface area (Å²) >= 11 is 0. The van der Waals surface area contributed by atoms with Crippen LogP contribution in [0, 0.1) is 22.7 Å². The van der Waals surface area contributed by atoms with Gasteiger partial charge in [0.25, 0.3) is 5.91 Å². The predicted molar refractivity (Wildman–Crippen MR) is 71.3 cm³/mol. The third-order valence-corrected chi connectivity index (χ3v) is 2.49. The van der Waals surface area contributed by atoms with Gasteiger partial charge in [-0.2, -0.15) is 10.5 Å². The number of hydrogen-bond acceptors (Lipinski definition) is 6. The number of nitrogens with one attached hydrogen (secondary N) is 1. The van der Waals surface area contributed by atoms with E-state index in [4.69, 9.17) is 21.1 Å². The first-order chi connectivity index (χ1) is 9.71. The van der Waals surface area contributed by atoms with Crippen molar-refractivity contribution < 1.29 is 9.53 Å². The van der Waals surface area contributed by atoms with Crippen molar-refractivity contribution in [3.63, 3.8) is 0 Å². The summed E-state index contributed by atoms with van der Waals surface area (Å²) in [6.07, 6.45) is 0. The number of nitrogens with zero attached hydrogens (tertiary/aromatic N) is 3. The van der Waals surface area contributed by atoms with Gasteiger partial charge >= 0.3 is 0 Å². The Labute approximate surface area is 117 Å². The van der Waals surface area contributed by atoms with Crippen LogP contribution in [0.25, 0.3) is 0 Å². The lowest BCUT2D eigenvalue weighted by molar-refractivity contribution is 0.0953.